The third-order valence-corrected chi connectivity index (χ3v) is 4.20. The van der Waals surface area contributed by atoms with Crippen LogP contribution in [0.25, 0.3) is 0 Å². The molecule has 3 heteroatoms. The number of nitrogens with zero attached hydrogens (tertiary/aromatic N) is 2. The molecule has 0 saturated carbocycles. The van der Waals surface area contributed by atoms with Gasteiger partial charge in [0.15, 0.2) is 0 Å². The van der Waals surface area contributed by atoms with Crippen LogP contribution in [0.15, 0.2) is 0 Å². The fourth-order valence-electron chi connectivity index (χ4n) is 3.02. The number of piperazine rings is 1. The fraction of sp³-hybridized carbons (Fsp3) is 1.00. The first-order chi connectivity index (χ1) is 7.52. The zero-order chi connectivity index (χ0) is 11.8. The van der Waals surface area contributed by atoms with E-state index < -0.39 is 0 Å². The largest absolute Gasteiger partial charge is 0.377 e. The van der Waals surface area contributed by atoms with Crippen molar-refractivity contribution in [3.8, 4) is 0 Å². The van der Waals surface area contributed by atoms with Crippen molar-refractivity contribution in [2.45, 2.75) is 51.3 Å². The van der Waals surface area contributed by atoms with E-state index in [4.69, 9.17) is 4.74 Å². The number of hydrogen-bond acceptors (Lipinski definition) is 3. The van der Waals surface area contributed by atoms with E-state index in [1.165, 1.54) is 32.5 Å². The Bertz CT molecular complexity index is 242. The Morgan fingerprint density at radius 2 is 2.06 bits per heavy atom. The van der Waals surface area contributed by atoms with Gasteiger partial charge in [0, 0.05) is 38.8 Å². The molecular formula is C13H26N2O. The highest BCUT2D eigenvalue weighted by Gasteiger charge is 2.36. The van der Waals surface area contributed by atoms with E-state index in [2.05, 4.69) is 30.6 Å². The Morgan fingerprint density at radius 3 is 2.75 bits per heavy atom. The van der Waals surface area contributed by atoms with Crippen LogP contribution >= 0.6 is 0 Å². The minimum Gasteiger partial charge on any atom is -0.377 e. The van der Waals surface area contributed by atoms with Crippen LogP contribution in [0.4, 0.5) is 0 Å². The first-order valence-electron chi connectivity index (χ1n) is 6.55. The molecule has 2 aliphatic rings. The van der Waals surface area contributed by atoms with Gasteiger partial charge in [0.05, 0.1) is 5.60 Å². The van der Waals surface area contributed by atoms with Gasteiger partial charge in [-0.2, -0.15) is 0 Å². The van der Waals surface area contributed by atoms with E-state index >= 15 is 0 Å². The standard InChI is InChI=1S/C13H26N2O/c1-11-8-14-7-5-6-12(14)9-15(11)10-13(2,3)16-4/h11-12H,5-10H2,1-4H3. The molecule has 0 N–H and O–H groups in total. The maximum absolute atomic E-state index is 5.54. The molecule has 0 radical (unpaired) electrons. The summed E-state index contributed by atoms with van der Waals surface area (Å²) < 4.78 is 5.54. The van der Waals surface area contributed by atoms with Crippen molar-refractivity contribution < 1.29 is 4.74 Å². The van der Waals surface area contributed by atoms with Crippen molar-refractivity contribution in [2.24, 2.45) is 0 Å². The number of methoxy groups -OCH3 is 1. The summed E-state index contributed by atoms with van der Waals surface area (Å²) in [4.78, 5) is 5.27. The lowest BCUT2D eigenvalue weighted by Crippen LogP contribution is -2.57. The molecule has 2 atom stereocenters. The second-order valence-electron chi connectivity index (χ2n) is 6.03. The van der Waals surface area contributed by atoms with Gasteiger partial charge in [-0.05, 0) is 40.2 Å². The second kappa shape index (κ2) is 4.63. The molecule has 2 unspecified atom stereocenters. The van der Waals surface area contributed by atoms with E-state index in [0.29, 0.717) is 6.04 Å². The Labute approximate surface area is 99.7 Å². The smallest absolute Gasteiger partial charge is 0.0749 e. The number of fused-ring (bicyclic) bond motifs is 1. The molecule has 0 amide bonds. The summed E-state index contributed by atoms with van der Waals surface area (Å²) in [6.45, 7) is 11.5. The first kappa shape index (κ1) is 12.3. The van der Waals surface area contributed by atoms with Crippen molar-refractivity contribution in [3.63, 3.8) is 0 Å². The first-order valence-corrected chi connectivity index (χ1v) is 6.55. The molecule has 16 heavy (non-hydrogen) atoms. The molecule has 2 rings (SSSR count). The Kier molecular flexibility index (Phi) is 3.57. The van der Waals surface area contributed by atoms with Crippen LogP contribution < -0.4 is 0 Å². The number of ether oxygens (including phenoxy) is 1. The predicted molar refractivity (Wildman–Crippen MR) is 66.7 cm³/mol. The van der Waals surface area contributed by atoms with Crippen molar-refractivity contribution in [2.75, 3.05) is 33.3 Å². The monoisotopic (exact) mass is 226 g/mol. The molecule has 2 aliphatic heterocycles. The summed E-state index contributed by atoms with van der Waals surface area (Å²) in [7, 11) is 1.82. The van der Waals surface area contributed by atoms with Gasteiger partial charge in [0.1, 0.15) is 0 Å². The molecule has 0 aliphatic carbocycles. The van der Waals surface area contributed by atoms with Gasteiger partial charge >= 0.3 is 0 Å². The minimum absolute atomic E-state index is 0.0188. The molecule has 2 heterocycles. The van der Waals surface area contributed by atoms with Crippen LogP contribution in [0.1, 0.15) is 33.6 Å². The van der Waals surface area contributed by atoms with Crippen LogP contribution in [0, 0.1) is 0 Å². The molecular weight excluding hydrogens is 200 g/mol. The van der Waals surface area contributed by atoms with Gasteiger partial charge in [0.2, 0.25) is 0 Å². The SMILES string of the molecule is COC(C)(C)CN1CC2CCCN2CC1C. The Hall–Kier alpha value is -0.120. The van der Waals surface area contributed by atoms with Gasteiger partial charge < -0.3 is 4.74 Å². The van der Waals surface area contributed by atoms with Crippen molar-refractivity contribution >= 4 is 0 Å². The van der Waals surface area contributed by atoms with Gasteiger partial charge in [-0.3, -0.25) is 9.80 Å². The molecule has 2 saturated heterocycles. The van der Waals surface area contributed by atoms with Crippen molar-refractivity contribution in [1.29, 1.82) is 0 Å². The lowest BCUT2D eigenvalue weighted by molar-refractivity contribution is -0.0389. The maximum Gasteiger partial charge on any atom is 0.0749 e. The third kappa shape index (κ3) is 2.58. The molecule has 0 aromatic rings. The predicted octanol–water partition coefficient (Wildman–Crippen LogP) is 1.58. The van der Waals surface area contributed by atoms with Gasteiger partial charge in [-0.25, -0.2) is 0 Å². The molecule has 0 spiro atoms. The number of rotatable bonds is 3. The lowest BCUT2D eigenvalue weighted by Gasteiger charge is -2.44. The summed E-state index contributed by atoms with van der Waals surface area (Å²) in [5.41, 5.74) is -0.0188. The van der Waals surface area contributed by atoms with Crippen molar-refractivity contribution in [3.05, 3.63) is 0 Å². The molecule has 2 fully saturated rings. The van der Waals surface area contributed by atoms with Crippen LogP contribution in [0.2, 0.25) is 0 Å². The summed E-state index contributed by atoms with van der Waals surface area (Å²) in [6.07, 6.45) is 2.77. The average Bonchev–Trinajstić information content (AvgIpc) is 2.65. The summed E-state index contributed by atoms with van der Waals surface area (Å²) in [6, 6.07) is 1.48. The average molecular weight is 226 g/mol. The topological polar surface area (TPSA) is 15.7 Å². The molecule has 0 bridgehead atoms. The summed E-state index contributed by atoms with van der Waals surface area (Å²) in [5.74, 6) is 0. The van der Waals surface area contributed by atoms with E-state index in [9.17, 15) is 0 Å². The van der Waals surface area contributed by atoms with E-state index in [-0.39, 0.29) is 5.60 Å². The van der Waals surface area contributed by atoms with Crippen LogP contribution in [0.5, 0.6) is 0 Å². The highest BCUT2D eigenvalue weighted by Crippen LogP contribution is 2.26. The van der Waals surface area contributed by atoms with Crippen LogP contribution in [-0.4, -0.2) is 60.8 Å². The third-order valence-electron chi connectivity index (χ3n) is 4.20. The van der Waals surface area contributed by atoms with E-state index in [1.807, 2.05) is 7.11 Å². The highest BCUT2D eigenvalue weighted by atomic mass is 16.5. The molecule has 3 nitrogen and oxygen atoms in total. The van der Waals surface area contributed by atoms with Gasteiger partial charge in [-0.1, -0.05) is 0 Å². The molecule has 94 valence electrons. The fourth-order valence-corrected chi connectivity index (χ4v) is 3.02. The highest BCUT2D eigenvalue weighted by molar-refractivity contribution is 4.92. The van der Waals surface area contributed by atoms with E-state index in [0.717, 1.165) is 12.6 Å². The zero-order valence-electron chi connectivity index (χ0n) is 11.2. The quantitative estimate of drug-likeness (QED) is 0.726. The summed E-state index contributed by atoms with van der Waals surface area (Å²) >= 11 is 0. The van der Waals surface area contributed by atoms with Crippen LogP contribution in [0.3, 0.4) is 0 Å². The van der Waals surface area contributed by atoms with Crippen LogP contribution in [-0.2, 0) is 4.74 Å². The number of hydrogen-bond donors (Lipinski definition) is 0. The second-order valence-corrected chi connectivity index (χ2v) is 6.03. The maximum atomic E-state index is 5.54. The Balaban J connectivity index is 1.94. The zero-order valence-corrected chi connectivity index (χ0v) is 11.2. The molecule has 0 aromatic heterocycles. The molecule has 0 aromatic carbocycles. The lowest BCUT2D eigenvalue weighted by atomic mass is 10.0. The van der Waals surface area contributed by atoms with Crippen molar-refractivity contribution in [1.82, 2.24) is 9.80 Å². The minimum atomic E-state index is -0.0188. The van der Waals surface area contributed by atoms with E-state index in [1.54, 1.807) is 0 Å². The van der Waals surface area contributed by atoms with Gasteiger partial charge in [-0.15, -0.1) is 0 Å². The Morgan fingerprint density at radius 1 is 1.31 bits per heavy atom. The normalized spacial score (nSPS) is 33.0. The summed E-state index contributed by atoms with van der Waals surface area (Å²) in [5, 5.41) is 0. The van der Waals surface area contributed by atoms with Gasteiger partial charge in [0.25, 0.3) is 0 Å².